The van der Waals surface area contributed by atoms with E-state index in [0.717, 1.165) is 10.7 Å². The van der Waals surface area contributed by atoms with Gasteiger partial charge in [0, 0.05) is 22.1 Å². The van der Waals surface area contributed by atoms with Gasteiger partial charge in [-0.3, -0.25) is 4.99 Å². The fourth-order valence-electron chi connectivity index (χ4n) is 3.59. The molecule has 0 spiro atoms. The number of nitriles is 1. The largest absolute Gasteiger partial charge is 0.388 e. The number of aliphatic hydroxyl groups excluding tert-OH is 1. The lowest BCUT2D eigenvalue weighted by atomic mass is 10.1. The Morgan fingerprint density at radius 2 is 2.21 bits per heavy atom. The molecule has 1 fully saturated rings. The summed E-state index contributed by atoms with van der Waals surface area (Å²) in [5, 5.41) is 27.2. The number of fused-ring (bicyclic) bond motifs is 1. The highest BCUT2D eigenvalue weighted by atomic mass is 35.5. The van der Waals surface area contributed by atoms with Gasteiger partial charge < -0.3 is 15.2 Å². The first-order valence-corrected chi connectivity index (χ1v) is 10.5. The molecule has 4 rings (SSSR count). The van der Waals surface area contributed by atoms with Crippen LogP contribution in [0.2, 0.25) is 5.02 Å². The van der Waals surface area contributed by atoms with Crippen LogP contribution < -0.4 is 16.0 Å². The molecule has 0 amide bonds. The molecule has 2 unspecified atom stereocenters. The summed E-state index contributed by atoms with van der Waals surface area (Å²) < 4.78 is 46.1. The molecule has 0 saturated carbocycles. The number of benzene rings is 1. The average Bonchev–Trinajstić information content (AvgIpc) is 3.38. The minimum Gasteiger partial charge on any atom is -0.388 e. The number of halogens is 4. The lowest BCUT2D eigenvalue weighted by Gasteiger charge is -2.09. The Hall–Kier alpha value is -3.46. The van der Waals surface area contributed by atoms with Crippen molar-refractivity contribution in [3.05, 3.63) is 69.0 Å². The van der Waals surface area contributed by atoms with Gasteiger partial charge in [0.15, 0.2) is 11.1 Å². The Labute approximate surface area is 196 Å². The van der Waals surface area contributed by atoms with E-state index in [2.05, 4.69) is 20.4 Å². The van der Waals surface area contributed by atoms with Crippen LogP contribution >= 0.6 is 11.6 Å². The Bertz CT molecular complexity index is 1430. The van der Waals surface area contributed by atoms with E-state index in [1.165, 1.54) is 0 Å². The minimum absolute atomic E-state index is 0.0746. The Morgan fingerprint density at radius 1 is 1.41 bits per heavy atom. The van der Waals surface area contributed by atoms with Crippen LogP contribution in [0.15, 0.2) is 35.7 Å². The van der Waals surface area contributed by atoms with Crippen molar-refractivity contribution < 1.29 is 23.0 Å². The van der Waals surface area contributed by atoms with Crippen molar-refractivity contribution in [3.63, 3.8) is 0 Å². The van der Waals surface area contributed by atoms with Crippen LogP contribution in [0.5, 0.6) is 0 Å². The van der Waals surface area contributed by atoms with Crippen molar-refractivity contribution in [3.8, 4) is 6.07 Å². The summed E-state index contributed by atoms with van der Waals surface area (Å²) in [5.74, 6) is 0. The number of alkyl halides is 2. The molecule has 0 bridgehead atoms. The van der Waals surface area contributed by atoms with E-state index in [1.54, 1.807) is 37.3 Å². The van der Waals surface area contributed by atoms with Crippen LogP contribution in [-0.4, -0.2) is 45.1 Å². The third-order valence-electron chi connectivity index (χ3n) is 5.24. The summed E-state index contributed by atoms with van der Waals surface area (Å²) in [5.41, 5.74) is 0.366. The molecule has 3 heterocycles. The van der Waals surface area contributed by atoms with Crippen LogP contribution in [-0.2, 0) is 4.74 Å². The maximum absolute atomic E-state index is 13.6. The van der Waals surface area contributed by atoms with Gasteiger partial charge in [-0.2, -0.15) is 14.9 Å². The molecule has 3 aromatic rings. The van der Waals surface area contributed by atoms with Crippen molar-refractivity contribution in [1.82, 2.24) is 14.6 Å². The normalized spacial score (nSPS) is 19.6. The predicted octanol–water partition coefficient (Wildman–Crippen LogP) is 2.56. The number of anilines is 1. The summed E-state index contributed by atoms with van der Waals surface area (Å²) in [6.07, 6.45) is -0.846. The van der Waals surface area contributed by atoms with Gasteiger partial charge in [0.2, 0.25) is 0 Å². The van der Waals surface area contributed by atoms with E-state index >= 15 is 0 Å². The minimum atomic E-state index is -3.00. The van der Waals surface area contributed by atoms with Gasteiger partial charge in [0.05, 0.1) is 18.9 Å². The second kappa shape index (κ2) is 9.80. The maximum atomic E-state index is 13.6. The van der Waals surface area contributed by atoms with Crippen LogP contribution in [0.4, 0.5) is 18.9 Å². The van der Waals surface area contributed by atoms with Crippen LogP contribution in [0.25, 0.3) is 11.7 Å². The molecule has 2 N–H and O–H groups in total. The maximum Gasteiger partial charge on any atom is 0.283 e. The third kappa shape index (κ3) is 4.48. The summed E-state index contributed by atoms with van der Waals surface area (Å²) in [6.45, 7) is 1.83. The summed E-state index contributed by atoms with van der Waals surface area (Å²) >= 11 is 6.07. The molecule has 1 aliphatic rings. The third-order valence-corrected chi connectivity index (χ3v) is 5.47. The summed E-state index contributed by atoms with van der Waals surface area (Å²) in [6, 6.07) is 5.94. The van der Waals surface area contributed by atoms with E-state index in [-0.39, 0.29) is 29.9 Å². The fourth-order valence-corrected chi connectivity index (χ4v) is 3.77. The van der Waals surface area contributed by atoms with Crippen molar-refractivity contribution in [2.45, 2.75) is 25.5 Å². The highest BCUT2D eigenvalue weighted by Gasteiger charge is 2.27. The molecule has 0 radical (unpaired) electrons. The van der Waals surface area contributed by atoms with Crippen molar-refractivity contribution in [1.29, 1.82) is 5.26 Å². The molecule has 1 aromatic carbocycles. The lowest BCUT2D eigenvalue weighted by molar-refractivity contribution is 0.124. The van der Waals surface area contributed by atoms with Crippen LogP contribution in [0, 0.1) is 18.3 Å². The van der Waals surface area contributed by atoms with E-state index in [4.69, 9.17) is 16.3 Å². The number of aliphatic hydroxyl groups is 1. The lowest BCUT2D eigenvalue weighted by Crippen LogP contribution is -2.39. The van der Waals surface area contributed by atoms with Gasteiger partial charge in [-0.05, 0) is 30.7 Å². The number of nitrogens with zero attached hydrogens (tertiary/aromatic N) is 5. The number of hydrogen-bond donors (Lipinski definition) is 2. The Morgan fingerprint density at radius 3 is 2.85 bits per heavy atom. The van der Waals surface area contributed by atoms with E-state index < -0.39 is 24.3 Å². The Balaban J connectivity index is 2.09. The molecule has 176 valence electrons. The monoisotopic (exact) mass is 490 g/mol. The number of ether oxygens (including phenoxy) is 1. The second-order valence-corrected chi connectivity index (χ2v) is 7.89. The summed E-state index contributed by atoms with van der Waals surface area (Å²) in [4.78, 5) is 8.91. The Kier molecular flexibility index (Phi) is 6.83. The number of nitrogens with one attached hydrogen (secondary N) is 1. The van der Waals surface area contributed by atoms with Crippen molar-refractivity contribution >= 4 is 29.0 Å². The zero-order valence-electron chi connectivity index (χ0n) is 17.7. The molecule has 34 heavy (non-hydrogen) atoms. The first-order valence-electron chi connectivity index (χ1n) is 10.1. The molecule has 2 atom stereocenters. The van der Waals surface area contributed by atoms with Gasteiger partial charge in [-0.15, -0.1) is 0 Å². The van der Waals surface area contributed by atoms with E-state index in [1.807, 2.05) is 0 Å². The SMILES string of the molecule is Cc1nc2c(C#N)c(C(F)F)nn2c(=NC2COCC2O)/c1=C/c1ccc(Cl)cc1N/C=C/F. The first kappa shape index (κ1) is 23.7. The molecule has 12 heteroatoms. The fraction of sp³-hybridized carbons (Fsp3) is 0.273. The van der Waals surface area contributed by atoms with E-state index in [9.17, 15) is 23.5 Å². The second-order valence-electron chi connectivity index (χ2n) is 7.46. The molecular formula is C22H18ClF3N6O2. The molecular weight excluding hydrogens is 473 g/mol. The highest BCUT2D eigenvalue weighted by Crippen LogP contribution is 2.24. The number of aryl methyl sites for hydroxylation is 1. The zero-order valence-corrected chi connectivity index (χ0v) is 18.5. The van der Waals surface area contributed by atoms with Crippen molar-refractivity contribution in [2.75, 3.05) is 18.5 Å². The van der Waals surface area contributed by atoms with Gasteiger partial charge in [-0.1, -0.05) is 17.7 Å². The number of hydrogen-bond acceptors (Lipinski definition) is 7. The molecule has 1 aliphatic heterocycles. The highest BCUT2D eigenvalue weighted by molar-refractivity contribution is 6.30. The smallest absolute Gasteiger partial charge is 0.283 e. The predicted molar refractivity (Wildman–Crippen MR) is 118 cm³/mol. The van der Waals surface area contributed by atoms with Gasteiger partial charge in [0.25, 0.3) is 6.43 Å². The van der Waals surface area contributed by atoms with Crippen LogP contribution in [0.1, 0.15) is 28.9 Å². The molecule has 0 aliphatic carbocycles. The average molecular weight is 491 g/mol. The molecule has 8 nitrogen and oxygen atoms in total. The first-order chi connectivity index (χ1) is 16.3. The van der Waals surface area contributed by atoms with Crippen molar-refractivity contribution in [2.24, 2.45) is 4.99 Å². The van der Waals surface area contributed by atoms with Gasteiger partial charge in [0.1, 0.15) is 35.8 Å². The molecule has 1 saturated heterocycles. The quantitative estimate of drug-likeness (QED) is 0.569. The topological polar surface area (TPSA) is 108 Å². The van der Waals surface area contributed by atoms with E-state index in [0.29, 0.717) is 33.5 Å². The number of rotatable bonds is 5. The van der Waals surface area contributed by atoms with Crippen LogP contribution in [0.3, 0.4) is 0 Å². The van der Waals surface area contributed by atoms with Gasteiger partial charge in [-0.25, -0.2) is 18.2 Å². The zero-order chi connectivity index (χ0) is 24.4. The standard InChI is InChI=1S/C22H18ClF3N6O2/c1-11-14(6-12-2-3-13(23)7-16(12)28-5-4-24)21(30-17-9-34-10-18(17)33)32-22(29-11)15(8-27)19(31-32)20(25)26/h2-7,17-18,20,28,33H,9-10H2,1H3/b5-4+,14-6+,30-21?. The molecule has 2 aromatic heterocycles. The number of aromatic nitrogens is 3. The summed E-state index contributed by atoms with van der Waals surface area (Å²) in [7, 11) is 0. The van der Waals surface area contributed by atoms with Gasteiger partial charge >= 0.3 is 0 Å².